The van der Waals surface area contributed by atoms with Gasteiger partial charge in [0.1, 0.15) is 5.75 Å². The summed E-state index contributed by atoms with van der Waals surface area (Å²) in [6, 6.07) is 7.85. The second-order valence-electron chi connectivity index (χ2n) is 6.32. The summed E-state index contributed by atoms with van der Waals surface area (Å²) in [5.74, 6) is -0.215. The van der Waals surface area contributed by atoms with Crippen molar-refractivity contribution < 1.29 is 24.2 Å². The van der Waals surface area contributed by atoms with Gasteiger partial charge in [-0.1, -0.05) is 12.1 Å². The minimum atomic E-state index is -0.924. The minimum Gasteiger partial charge on any atom is -0.494 e. The normalized spacial score (nSPS) is 19.9. The second-order valence-corrected chi connectivity index (χ2v) is 6.32. The van der Waals surface area contributed by atoms with Crippen LogP contribution in [0.25, 0.3) is 0 Å². The zero-order chi connectivity index (χ0) is 17.4. The van der Waals surface area contributed by atoms with Gasteiger partial charge < -0.3 is 19.9 Å². The summed E-state index contributed by atoms with van der Waals surface area (Å²) in [7, 11) is 0. The number of carboxylic acid groups (broad SMARTS) is 1. The average Bonchev–Trinajstić information content (AvgIpc) is 2.94. The quantitative estimate of drug-likeness (QED) is 0.676. The van der Waals surface area contributed by atoms with Crippen molar-refractivity contribution in [3.63, 3.8) is 0 Å². The fourth-order valence-corrected chi connectivity index (χ4v) is 2.82. The largest absolute Gasteiger partial charge is 0.494 e. The summed E-state index contributed by atoms with van der Waals surface area (Å²) in [4.78, 5) is 23.0. The van der Waals surface area contributed by atoms with E-state index in [1.54, 1.807) is 0 Å². The first kappa shape index (κ1) is 18.3. The standard InChI is InChI=1S/C18H25NO5/c1-14-5-4-6-15(11-14)24-9-3-2-7-16(20)19-18(12-17(21)22)8-10-23-13-18/h4-6,11H,2-3,7-10,12-13H2,1H3,(H,19,20)(H,21,22). The van der Waals surface area contributed by atoms with E-state index in [2.05, 4.69) is 5.32 Å². The molecule has 132 valence electrons. The first-order chi connectivity index (χ1) is 11.5. The van der Waals surface area contributed by atoms with Crippen molar-refractivity contribution in [2.45, 2.75) is 44.6 Å². The van der Waals surface area contributed by atoms with E-state index < -0.39 is 11.5 Å². The van der Waals surface area contributed by atoms with Gasteiger partial charge in [-0.05, 0) is 43.9 Å². The summed E-state index contributed by atoms with van der Waals surface area (Å²) in [5, 5.41) is 11.9. The van der Waals surface area contributed by atoms with Crippen molar-refractivity contribution in [1.29, 1.82) is 0 Å². The third kappa shape index (κ3) is 5.85. The molecular formula is C18H25NO5. The molecule has 1 fully saturated rings. The van der Waals surface area contributed by atoms with Crippen molar-refractivity contribution in [3.8, 4) is 5.75 Å². The molecule has 1 atom stereocenters. The predicted molar refractivity (Wildman–Crippen MR) is 89.1 cm³/mol. The second kappa shape index (κ2) is 8.68. The lowest BCUT2D eigenvalue weighted by Crippen LogP contribution is -2.50. The Morgan fingerprint density at radius 1 is 1.38 bits per heavy atom. The number of hydrogen-bond acceptors (Lipinski definition) is 4. The lowest BCUT2D eigenvalue weighted by molar-refractivity contribution is -0.139. The topological polar surface area (TPSA) is 84.9 Å². The molecule has 0 saturated carbocycles. The van der Waals surface area contributed by atoms with Crippen molar-refractivity contribution in [1.82, 2.24) is 5.32 Å². The molecule has 6 heteroatoms. The molecule has 0 spiro atoms. The maximum absolute atomic E-state index is 12.1. The van der Waals surface area contributed by atoms with Crippen LogP contribution in [-0.2, 0) is 14.3 Å². The minimum absolute atomic E-state index is 0.102. The Morgan fingerprint density at radius 2 is 2.21 bits per heavy atom. The fourth-order valence-electron chi connectivity index (χ4n) is 2.82. The molecule has 1 aromatic rings. The molecule has 0 bridgehead atoms. The molecule has 1 saturated heterocycles. The van der Waals surface area contributed by atoms with Crippen LogP contribution < -0.4 is 10.1 Å². The molecule has 2 rings (SSSR count). The van der Waals surface area contributed by atoms with Crippen molar-refractivity contribution in [2.24, 2.45) is 0 Å². The van der Waals surface area contributed by atoms with E-state index in [9.17, 15) is 9.59 Å². The Hall–Kier alpha value is -2.08. The number of hydrogen-bond donors (Lipinski definition) is 2. The van der Waals surface area contributed by atoms with Gasteiger partial charge in [-0.3, -0.25) is 9.59 Å². The molecule has 1 aliphatic rings. The molecule has 6 nitrogen and oxygen atoms in total. The van der Waals surface area contributed by atoms with Gasteiger partial charge in [0.25, 0.3) is 0 Å². The number of ether oxygens (including phenoxy) is 2. The van der Waals surface area contributed by atoms with Crippen LogP contribution in [0.3, 0.4) is 0 Å². The van der Waals surface area contributed by atoms with Gasteiger partial charge in [0.2, 0.25) is 5.91 Å². The summed E-state index contributed by atoms with van der Waals surface area (Å²) in [5.41, 5.74) is 0.399. The summed E-state index contributed by atoms with van der Waals surface area (Å²) in [6.45, 7) is 3.32. The molecule has 1 aromatic carbocycles. The molecule has 1 unspecified atom stereocenters. The number of amides is 1. The smallest absolute Gasteiger partial charge is 0.305 e. The molecule has 2 N–H and O–H groups in total. The summed E-state index contributed by atoms with van der Waals surface area (Å²) < 4.78 is 10.9. The third-order valence-corrected chi connectivity index (χ3v) is 4.05. The Labute approximate surface area is 142 Å². The maximum Gasteiger partial charge on any atom is 0.305 e. The van der Waals surface area contributed by atoms with E-state index in [0.29, 0.717) is 32.5 Å². The van der Waals surface area contributed by atoms with E-state index >= 15 is 0 Å². The van der Waals surface area contributed by atoms with Crippen LogP contribution in [0.15, 0.2) is 24.3 Å². The Bertz CT molecular complexity index is 566. The maximum atomic E-state index is 12.1. The molecule has 1 aliphatic heterocycles. The third-order valence-electron chi connectivity index (χ3n) is 4.05. The first-order valence-electron chi connectivity index (χ1n) is 8.29. The number of carboxylic acids is 1. The molecule has 1 heterocycles. The number of carbonyl (C=O) groups is 2. The number of unbranched alkanes of at least 4 members (excludes halogenated alkanes) is 1. The highest BCUT2D eigenvalue weighted by molar-refractivity contribution is 5.78. The van der Waals surface area contributed by atoms with Crippen LogP contribution >= 0.6 is 0 Å². The van der Waals surface area contributed by atoms with E-state index in [1.807, 2.05) is 31.2 Å². The van der Waals surface area contributed by atoms with Crippen molar-refractivity contribution >= 4 is 11.9 Å². The Kier molecular flexibility index (Phi) is 6.61. The molecule has 24 heavy (non-hydrogen) atoms. The number of aryl methyl sites for hydroxylation is 1. The molecule has 0 aliphatic carbocycles. The van der Waals surface area contributed by atoms with Gasteiger partial charge in [0.05, 0.1) is 25.2 Å². The Morgan fingerprint density at radius 3 is 2.88 bits per heavy atom. The Balaban J connectivity index is 1.66. The van der Waals surface area contributed by atoms with Crippen LogP contribution in [0.5, 0.6) is 5.75 Å². The van der Waals surface area contributed by atoms with E-state index in [4.69, 9.17) is 14.6 Å². The van der Waals surface area contributed by atoms with E-state index in [1.165, 1.54) is 0 Å². The summed E-state index contributed by atoms with van der Waals surface area (Å²) >= 11 is 0. The van der Waals surface area contributed by atoms with Gasteiger partial charge in [-0.25, -0.2) is 0 Å². The lowest BCUT2D eigenvalue weighted by atomic mass is 9.94. The molecule has 1 amide bonds. The number of benzene rings is 1. The van der Waals surface area contributed by atoms with Crippen LogP contribution in [0.4, 0.5) is 0 Å². The van der Waals surface area contributed by atoms with Crippen LogP contribution in [0.1, 0.15) is 37.7 Å². The fraction of sp³-hybridized carbons (Fsp3) is 0.556. The highest BCUT2D eigenvalue weighted by Crippen LogP contribution is 2.23. The number of rotatable bonds is 9. The van der Waals surface area contributed by atoms with Gasteiger partial charge in [0.15, 0.2) is 0 Å². The molecule has 0 aromatic heterocycles. The van der Waals surface area contributed by atoms with Gasteiger partial charge in [-0.15, -0.1) is 0 Å². The van der Waals surface area contributed by atoms with Crippen molar-refractivity contribution in [2.75, 3.05) is 19.8 Å². The lowest BCUT2D eigenvalue weighted by Gasteiger charge is -2.27. The zero-order valence-corrected chi connectivity index (χ0v) is 14.0. The first-order valence-corrected chi connectivity index (χ1v) is 8.29. The highest BCUT2D eigenvalue weighted by Gasteiger charge is 2.38. The number of nitrogens with one attached hydrogen (secondary N) is 1. The molecular weight excluding hydrogens is 310 g/mol. The van der Waals surface area contributed by atoms with Gasteiger partial charge in [-0.2, -0.15) is 0 Å². The summed E-state index contributed by atoms with van der Waals surface area (Å²) in [6.07, 6.45) is 2.26. The van der Waals surface area contributed by atoms with E-state index in [-0.39, 0.29) is 18.9 Å². The molecule has 0 radical (unpaired) electrons. The van der Waals surface area contributed by atoms with Crippen LogP contribution in [-0.4, -0.2) is 42.3 Å². The highest BCUT2D eigenvalue weighted by atomic mass is 16.5. The van der Waals surface area contributed by atoms with Crippen molar-refractivity contribution in [3.05, 3.63) is 29.8 Å². The van der Waals surface area contributed by atoms with E-state index in [0.717, 1.165) is 17.7 Å². The van der Waals surface area contributed by atoms with Gasteiger partial charge in [0, 0.05) is 13.0 Å². The average molecular weight is 335 g/mol. The number of aliphatic carboxylic acids is 1. The predicted octanol–water partition coefficient (Wildman–Crippen LogP) is 2.29. The van der Waals surface area contributed by atoms with Crippen LogP contribution in [0, 0.1) is 6.92 Å². The number of carbonyl (C=O) groups excluding carboxylic acids is 1. The SMILES string of the molecule is Cc1cccc(OCCCCC(=O)NC2(CC(=O)O)CCOC2)c1. The monoisotopic (exact) mass is 335 g/mol. The zero-order valence-electron chi connectivity index (χ0n) is 14.0. The van der Waals surface area contributed by atoms with Gasteiger partial charge >= 0.3 is 5.97 Å². The van der Waals surface area contributed by atoms with Crippen LogP contribution in [0.2, 0.25) is 0 Å².